The molecule has 1 saturated carbocycles. The molecular formula is C30H29F3N8O2. The van der Waals surface area contributed by atoms with E-state index in [0.29, 0.717) is 17.2 Å². The molecule has 3 amide bonds. The molecule has 3 aromatic rings. The molecule has 13 heteroatoms. The Balaban J connectivity index is 1.60. The zero-order valence-corrected chi connectivity index (χ0v) is 23.0. The Morgan fingerprint density at radius 2 is 1.70 bits per heavy atom. The lowest BCUT2D eigenvalue weighted by molar-refractivity contribution is -0.137. The Morgan fingerprint density at radius 3 is 2.30 bits per heavy atom. The number of rotatable bonds is 6. The van der Waals surface area contributed by atoms with Gasteiger partial charge in [0.25, 0.3) is 5.91 Å². The van der Waals surface area contributed by atoms with Gasteiger partial charge in [-0.3, -0.25) is 20.4 Å². The molecule has 5 N–H and O–H groups in total. The van der Waals surface area contributed by atoms with E-state index in [2.05, 4.69) is 21.0 Å². The van der Waals surface area contributed by atoms with Crippen LogP contribution in [0.4, 0.5) is 29.3 Å². The molecular weight excluding hydrogens is 561 g/mol. The fourth-order valence-corrected chi connectivity index (χ4v) is 4.97. The smallest absolute Gasteiger partial charge is 0.307 e. The quantitative estimate of drug-likeness (QED) is 0.0813. The summed E-state index contributed by atoms with van der Waals surface area (Å²) in [5, 5.41) is 27.6. The Labute approximate surface area is 245 Å². The molecule has 0 spiro atoms. The van der Waals surface area contributed by atoms with Gasteiger partial charge in [-0.25, -0.2) is 4.79 Å². The third-order valence-corrected chi connectivity index (χ3v) is 7.11. The van der Waals surface area contributed by atoms with Gasteiger partial charge in [0.15, 0.2) is 0 Å². The first-order valence-corrected chi connectivity index (χ1v) is 13.5. The molecule has 0 aromatic heterocycles. The fraction of sp³-hybridized carbons (Fsp3) is 0.267. The Kier molecular flexibility index (Phi) is 9.72. The van der Waals surface area contributed by atoms with Crippen molar-refractivity contribution in [3.05, 3.63) is 94.5 Å². The number of urea groups is 1. The highest BCUT2D eigenvalue weighted by atomic mass is 19.4. The predicted molar refractivity (Wildman–Crippen MR) is 154 cm³/mol. The second-order valence-corrected chi connectivity index (χ2v) is 10.1. The third-order valence-electron chi connectivity index (χ3n) is 7.11. The van der Waals surface area contributed by atoms with Crippen molar-refractivity contribution in [3.63, 3.8) is 0 Å². The first-order valence-electron chi connectivity index (χ1n) is 13.5. The Bertz CT molecular complexity index is 1540. The van der Waals surface area contributed by atoms with Gasteiger partial charge in [-0.1, -0.05) is 53.9 Å². The number of nitrogens with two attached hydrogens (primary N) is 1. The van der Waals surface area contributed by atoms with Gasteiger partial charge in [0, 0.05) is 16.9 Å². The summed E-state index contributed by atoms with van der Waals surface area (Å²) in [5.74, 6) is 4.17. The van der Waals surface area contributed by atoms with E-state index in [1.807, 2.05) is 12.1 Å². The van der Waals surface area contributed by atoms with E-state index < -0.39 is 29.6 Å². The number of benzene rings is 3. The summed E-state index contributed by atoms with van der Waals surface area (Å²) in [4.78, 5) is 27.3. The summed E-state index contributed by atoms with van der Waals surface area (Å²) in [6.45, 7) is 0.0117. The normalized spacial score (nSPS) is 13.7. The zero-order valence-electron chi connectivity index (χ0n) is 23.0. The number of alkyl halides is 3. The first kappa shape index (κ1) is 30.7. The van der Waals surface area contributed by atoms with Crippen LogP contribution in [0.1, 0.15) is 70.6 Å². The maximum Gasteiger partial charge on any atom is 0.416 e. The van der Waals surface area contributed by atoms with E-state index in [9.17, 15) is 28.0 Å². The summed E-state index contributed by atoms with van der Waals surface area (Å²) in [6, 6.07) is 17.4. The van der Waals surface area contributed by atoms with Crippen LogP contribution in [-0.4, -0.2) is 17.9 Å². The van der Waals surface area contributed by atoms with Crippen LogP contribution in [0.15, 0.2) is 77.1 Å². The number of halogens is 3. The van der Waals surface area contributed by atoms with Crippen LogP contribution < -0.4 is 21.4 Å². The maximum atomic E-state index is 13.6. The number of guanidine groups is 1. The molecule has 0 saturated heterocycles. The lowest BCUT2D eigenvalue weighted by Crippen LogP contribution is -2.34. The molecule has 0 heterocycles. The molecule has 43 heavy (non-hydrogen) atoms. The van der Waals surface area contributed by atoms with Gasteiger partial charge in [0.1, 0.15) is 0 Å². The predicted octanol–water partition coefficient (Wildman–Crippen LogP) is 6.85. The van der Waals surface area contributed by atoms with E-state index in [1.54, 1.807) is 30.3 Å². The molecule has 1 fully saturated rings. The molecule has 1 aliphatic rings. The number of nitriles is 1. The zero-order chi connectivity index (χ0) is 31.0. The van der Waals surface area contributed by atoms with Gasteiger partial charge in [-0.15, -0.1) is 0 Å². The lowest BCUT2D eigenvalue weighted by atomic mass is 9.84. The molecule has 0 atom stereocenters. The van der Waals surface area contributed by atoms with Crippen LogP contribution in [0, 0.1) is 16.7 Å². The standard InChI is InChI=1S/C30H29F3N8O2/c31-30(32,33)24-14-20(17-34)15-25(16-24)37-29(43)41(26-12-10-22(11-13-26)21-4-2-1-3-5-21)18-19-6-8-23(9-7-19)27(42)38-28(35)39-40-36/h6-16,21H,1-5,18H2,(H,37,43)(H4,35,36,38,39,42). The number of carbonyl (C=O) groups excluding carboxylic acids is 2. The average molecular weight is 591 g/mol. The van der Waals surface area contributed by atoms with Gasteiger partial charge < -0.3 is 11.2 Å². The van der Waals surface area contributed by atoms with Crippen molar-refractivity contribution in [2.75, 3.05) is 10.2 Å². The molecule has 1 aliphatic carbocycles. The molecule has 3 aromatic carbocycles. The lowest BCUT2D eigenvalue weighted by Gasteiger charge is -2.26. The molecule has 0 unspecified atom stereocenters. The minimum atomic E-state index is -4.71. The van der Waals surface area contributed by atoms with Gasteiger partial charge in [-0.05, 0) is 72.4 Å². The van der Waals surface area contributed by atoms with Crippen molar-refractivity contribution in [3.8, 4) is 6.07 Å². The topological polar surface area (TPSA) is 160 Å². The Hall–Kier alpha value is -5.25. The molecule has 0 bridgehead atoms. The summed E-state index contributed by atoms with van der Waals surface area (Å²) in [7, 11) is 0. The van der Waals surface area contributed by atoms with Crippen molar-refractivity contribution in [2.24, 2.45) is 16.2 Å². The minimum Gasteiger partial charge on any atom is -0.307 e. The number of anilines is 2. The van der Waals surface area contributed by atoms with Crippen molar-refractivity contribution < 1.29 is 22.8 Å². The molecule has 0 aliphatic heterocycles. The van der Waals surface area contributed by atoms with Gasteiger partial charge in [0.2, 0.25) is 5.96 Å². The van der Waals surface area contributed by atoms with E-state index in [4.69, 9.17) is 11.3 Å². The summed E-state index contributed by atoms with van der Waals surface area (Å²) in [5.41, 5.74) is 1.01. The molecule has 0 radical (unpaired) electrons. The van der Waals surface area contributed by atoms with E-state index in [-0.39, 0.29) is 23.4 Å². The van der Waals surface area contributed by atoms with Gasteiger partial charge in [0.05, 0.1) is 23.7 Å². The van der Waals surface area contributed by atoms with Crippen molar-refractivity contribution in [1.29, 1.82) is 10.7 Å². The first-order chi connectivity index (χ1) is 20.6. The summed E-state index contributed by atoms with van der Waals surface area (Å²) in [6.07, 6.45) is 1.02. The number of nitrogens with zero attached hydrogens (tertiary/aromatic N) is 4. The monoisotopic (exact) mass is 590 g/mol. The number of nitrogens with one attached hydrogen (secondary N) is 3. The highest BCUT2D eigenvalue weighted by Crippen LogP contribution is 2.34. The second kappa shape index (κ2) is 13.6. The van der Waals surface area contributed by atoms with Crippen LogP contribution in [-0.2, 0) is 12.7 Å². The number of hydrogen-bond donors (Lipinski definition) is 4. The minimum absolute atomic E-state index is 0.0117. The van der Waals surface area contributed by atoms with Crippen LogP contribution in [0.3, 0.4) is 0 Å². The number of carbonyl (C=O) groups is 2. The number of hydrogen-bond acceptors (Lipinski definition) is 5. The maximum absolute atomic E-state index is 13.6. The van der Waals surface area contributed by atoms with Crippen molar-refractivity contribution in [2.45, 2.75) is 50.7 Å². The highest BCUT2D eigenvalue weighted by Gasteiger charge is 2.31. The van der Waals surface area contributed by atoms with E-state index in [0.717, 1.165) is 43.4 Å². The van der Waals surface area contributed by atoms with Crippen LogP contribution in [0.5, 0.6) is 0 Å². The van der Waals surface area contributed by atoms with Crippen molar-refractivity contribution >= 4 is 29.3 Å². The van der Waals surface area contributed by atoms with Crippen molar-refractivity contribution in [1.82, 2.24) is 5.32 Å². The fourth-order valence-electron chi connectivity index (χ4n) is 4.97. The van der Waals surface area contributed by atoms with Crippen LogP contribution in [0.2, 0.25) is 0 Å². The van der Waals surface area contributed by atoms with Gasteiger partial charge >= 0.3 is 12.2 Å². The second-order valence-electron chi connectivity index (χ2n) is 10.1. The Morgan fingerprint density at radius 1 is 1.02 bits per heavy atom. The molecule has 4 rings (SSSR count). The van der Waals surface area contributed by atoms with E-state index in [1.165, 1.54) is 29.5 Å². The highest BCUT2D eigenvalue weighted by molar-refractivity contribution is 6.05. The van der Waals surface area contributed by atoms with E-state index >= 15 is 0 Å². The van der Waals surface area contributed by atoms with Crippen LogP contribution in [0.25, 0.3) is 0 Å². The SMILES string of the molecule is N#Cc1cc(NC(=O)N(Cc2ccc(C(=O)NC(=N)N=NN)cc2)c2ccc(C3CCCCC3)cc2)cc(C(F)(F)F)c1. The average Bonchev–Trinajstić information content (AvgIpc) is 3.00. The summed E-state index contributed by atoms with van der Waals surface area (Å²) < 4.78 is 40.3. The van der Waals surface area contributed by atoms with Gasteiger partial charge in [-0.2, -0.15) is 18.4 Å². The third kappa shape index (κ3) is 8.16. The largest absolute Gasteiger partial charge is 0.416 e. The van der Waals surface area contributed by atoms with Crippen LogP contribution >= 0.6 is 0 Å². The summed E-state index contributed by atoms with van der Waals surface area (Å²) >= 11 is 0. The molecule has 10 nitrogen and oxygen atoms in total. The number of amides is 3. The molecule has 222 valence electrons.